The number of benzene rings is 1. The lowest BCUT2D eigenvalue weighted by atomic mass is 10.0. The summed E-state index contributed by atoms with van der Waals surface area (Å²) in [5.74, 6) is 0.716. The topological polar surface area (TPSA) is 64.3 Å². The standard InChI is InChI=1S/C16H26N2O2/c1-4-10-20-15-11-12(2)7-8-14(15)18-16(19)13(3)6-5-9-17/h7-8,11,13H,4-6,9-10,17H2,1-3H3,(H,18,19). The largest absolute Gasteiger partial charge is 0.491 e. The first-order chi connectivity index (χ1) is 9.58. The average molecular weight is 278 g/mol. The molecule has 0 bridgehead atoms. The van der Waals surface area contributed by atoms with E-state index >= 15 is 0 Å². The Kier molecular flexibility index (Phi) is 7.09. The third-order valence-corrected chi connectivity index (χ3v) is 3.15. The fraction of sp³-hybridized carbons (Fsp3) is 0.562. The van der Waals surface area contributed by atoms with Crippen LogP contribution in [0.15, 0.2) is 18.2 Å². The van der Waals surface area contributed by atoms with Crippen LogP contribution in [-0.4, -0.2) is 19.1 Å². The highest BCUT2D eigenvalue weighted by molar-refractivity contribution is 5.93. The molecule has 3 N–H and O–H groups in total. The molecule has 20 heavy (non-hydrogen) atoms. The van der Waals surface area contributed by atoms with Crippen molar-refractivity contribution >= 4 is 11.6 Å². The van der Waals surface area contributed by atoms with Gasteiger partial charge in [0.2, 0.25) is 5.91 Å². The van der Waals surface area contributed by atoms with Gasteiger partial charge in [0.05, 0.1) is 12.3 Å². The molecule has 0 radical (unpaired) electrons. The second-order valence-electron chi connectivity index (χ2n) is 5.17. The molecule has 1 atom stereocenters. The maximum Gasteiger partial charge on any atom is 0.227 e. The molecule has 1 aromatic carbocycles. The summed E-state index contributed by atoms with van der Waals surface area (Å²) in [6, 6.07) is 5.82. The van der Waals surface area contributed by atoms with Gasteiger partial charge in [-0.25, -0.2) is 0 Å². The van der Waals surface area contributed by atoms with Crippen molar-refractivity contribution in [1.82, 2.24) is 0 Å². The van der Waals surface area contributed by atoms with Gasteiger partial charge >= 0.3 is 0 Å². The summed E-state index contributed by atoms with van der Waals surface area (Å²) in [4.78, 5) is 12.1. The van der Waals surface area contributed by atoms with Crippen molar-refractivity contribution < 1.29 is 9.53 Å². The average Bonchev–Trinajstić information content (AvgIpc) is 2.44. The normalized spacial score (nSPS) is 12.0. The second kappa shape index (κ2) is 8.59. The van der Waals surface area contributed by atoms with Crippen LogP contribution in [0, 0.1) is 12.8 Å². The lowest BCUT2D eigenvalue weighted by molar-refractivity contribution is -0.119. The highest BCUT2D eigenvalue weighted by Gasteiger charge is 2.14. The van der Waals surface area contributed by atoms with E-state index < -0.39 is 0 Å². The SMILES string of the molecule is CCCOc1cc(C)ccc1NC(=O)C(C)CCCN. The Morgan fingerprint density at radius 3 is 2.85 bits per heavy atom. The number of rotatable bonds is 8. The molecular formula is C16H26N2O2. The summed E-state index contributed by atoms with van der Waals surface area (Å²) in [6.07, 6.45) is 2.61. The predicted molar refractivity (Wildman–Crippen MR) is 83.0 cm³/mol. The molecule has 0 fully saturated rings. The Balaban J connectivity index is 2.72. The number of hydrogen-bond acceptors (Lipinski definition) is 3. The first kappa shape index (κ1) is 16.5. The van der Waals surface area contributed by atoms with Gasteiger partial charge in [-0.05, 0) is 50.4 Å². The second-order valence-corrected chi connectivity index (χ2v) is 5.17. The molecule has 4 heteroatoms. The maximum absolute atomic E-state index is 12.1. The number of anilines is 1. The summed E-state index contributed by atoms with van der Waals surface area (Å²) in [5.41, 5.74) is 7.33. The van der Waals surface area contributed by atoms with Crippen LogP contribution in [0.2, 0.25) is 0 Å². The van der Waals surface area contributed by atoms with Gasteiger partial charge in [0.1, 0.15) is 5.75 Å². The zero-order valence-corrected chi connectivity index (χ0v) is 12.7. The molecule has 1 amide bonds. The molecule has 112 valence electrons. The van der Waals surface area contributed by atoms with E-state index in [9.17, 15) is 4.79 Å². The zero-order valence-electron chi connectivity index (χ0n) is 12.7. The number of aryl methyl sites for hydroxylation is 1. The first-order valence-corrected chi connectivity index (χ1v) is 7.32. The lowest BCUT2D eigenvalue weighted by Crippen LogP contribution is -2.21. The zero-order chi connectivity index (χ0) is 15.0. The van der Waals surface area contributed by atoms with Crippen LogP contribution in [0.4, 0.5) is 5.69 Å². The minimum absolute atomic E-state index is 0.0173. The van der Waals surface area contributed by atoms with Gasteiger partial charge in [-0.15, -0.1) is 0 Å². The highest BCUT2D eigenvalue weighted by Crippen LogP contribution is 2.26. The van der Waals surface area contributed by atoms with E-state index in [2.05, 4.69) is 12.2 Å². The molecule has 0 heterocycles. The quantitative estimate of drug-likeness (QED) is 0.768. The third-order valence-electron chi connectivity index (χ3n) is 3.15. The van der Waals surface area contributed by atoms with Crippen LogP contribution in [0.5, 0.6) is 5.75 Å². The smallest absolute Gasteiger partial charge is 0.227 e. The number of hydrogen-bond donors (Lipinski definition) is 2. The van der Waals surface area contributed by atoms with Gasteiger partial charge in [0, 0.05) is 5.92 Å². The van der Waals surface area contributed by atoms with Crippen molar-refractivity contribution in [2.45, 2.75) is 40.0 Å². The molecule has 1 unspecified atom stereocenters. The van der Waals surface area contributed by atoms with Crippen LogP contribution < -0.4 is 15.8 Å². The highest BCUT2D eigenvalue weighted by atomic mass is 16.5. The van der Waals surface area contributed by atoms with Crippen LogP contribution in [0.25, 0.3) is 0 Å². The summed E-state index contributed by atoms with van der Waals surface area (Å²) in [5, 5.41) is 2.95. The first-order valence-electron chi connectivity index (χ1n) is 7.32. The summed E-state index contributed by atoms with van der Waals surface area (Å²) >= 11 is 0. The number of ether oxygens (including phenoxy) is 1. The van der Waals surface area contributed by atoms with Crippen molar-refractivity contribution in [3.05, 3.63) is 23.8 Å². The van der Waals surface area contributed by atoms with Crippen molar-refractivity contribution in [3.63, 3.8) is 0 Å². The molecule has 0 aliphatic carbocycles. The summed E-state index contributed by atoms with van der Waals surface area (Å²) in [6.45, 7) is 7.26. The molecule has 4 nitrogen and oxygen atoms in total. The van der Waals surface area contributed by atoms with Crippen molar-refractivity contribution in [1.29, 1.82) is 0 Å². The molecule has 1 aromatic rings. The number of carbonyl (C=O) groups is 1. The number of nitrogens with two attached hydrogens (primary N) is 1. The minimum atomic E-state index is -0.0427. The van der Waals surface area contributed by atoms with Gasteiger partial charge in [0.15, 0.2) is 0 Å². The number of nitrogens with one attached hydrogen (secondary N) is 1. The Hall–Kier alpha value is -1.55. The van der Waals surface area contributed by atoms with Crippen molar-refractivity contribution in [2.75, 3.05) is 18.5 Å². The molecule has 1 rings (SSSR count). The molecule has 0 aromatic heterocycles. The van der Waals surface area contributed by atoms with Gasteiger partial charge in [-0.2, -0.15) is 0 Å². The molecular weight excluding hydrogens is 252 g/mol. The number of carbonyl (C=O) groups excluding carboxylic acids is 1. The lowest BCUT2D eigenvalue weighted by Gasteiger charge is -2.15. The van der Waals surface area contributed by atoms with Gasteiger partial charge in [0.25, 0.3) is 0 Å². The summed E-state index contributed by atoms with van der Waals surface area (Å²) in [7, 11) is 0. The van der Waals surface area contributed by atoms with Crippen molar-refractivity contribution in [2.24, 2.45) is 11.7 Å². The van der Waals surface area contributed by atoms with Crippen molar-refractivity contribution in [3.8, 4) is 5.75 Å². The molecule has 0 spiro atoms. The predicted octanol–water partition coefficient (Wildman–Crippen LogP) is 3.10. The maximum atomic E-state index is 12.1. The van der Waals surface area contributed by atoms with Gasteiger partial charge < -0.3 is 15.8 Å². The molecule has 0 saturated carbocycles. The Labute approximate surface area is 121 Å². The van der Waals surface area contributed by atoms with Crippen LogP contribution in [0.1, 0.15) is 38.7 Å². The van der Waals surface area contributed by atoms with Gasteiger partial charge in [-0.1, -0.05) is 19.9 Å². The van der Waals surface area contributed by atoms with E-state index in [4.69, 9.17) is 10.5 Å². The number of amides is 1. The Bertz CT molecular complexity index is 432. The Morgan fingerprint density at radius 2 is 2.20 bits per heavy atom. The molecule has 0 aliphatic rings. The van der Waals surface area contributed by atoms with E-state index in [1.807, 2.05) is 32.0 Å². The monoisotopic (exact) mass is 278 g/mol. The van der Waals surface area contributed by atoms with Crippen LogP contribution in [0.3, 0.4) is 0 Å². The fourth-order valence-corrected chi connectivity index (χ4v) is 1.88. The van der Waals surface area contributed by atoms with E-state index in [0.717, 1.165) is 36.3 Å². The van der Waals surface area contributed by atoms with E-state index in [1.165, 1.54) is 0 Å². The van der Waals surface area contributed by atoms with Gasteiger partial charge in [-0.3, -0.25) is 4.79 Å². The Morgan fingerprint density at radius 1 is 1.45 bits per heavy atom. The van der Waals surface area contributed by atoms with E-state index in [-0.39, 0.29) is 11.8 Å². The van der Waals surface area contributed by atoms with E-state index in [0.29, 0.717) is 13.2 Å². The van der Waals surface area contributed by atoms with Crippen LogP contribution in [-0.2, 0) is 4.79 Å². The van der Waals surface area contributed by atoms with E-state index in [1.54, 1.807) is 0 Å². The fourth-order valence-electron chi connectivity index (χ4n) is 1.88. The summed E-state index contributed by atoms with van der Waals surface area (Å²) < 4.78 is 5.69. The minimum Gasteiger partial charge on any atom is -0.491 e. The molecule has 0 saturated heterocycles. The third kappa shape index (κ3) is 5.21. The van der Waals surface area contributed by atoms with Crippen LogP contribution >= 0.6 is 0 Å². The molecule has 0 aliphatic heterocycles.